The predicted molar refractivity (Wildman–Crippen MR) is 87.7 cm³/mol. The summed E-state index contributed by atoms with van der Waals surface area (Å²) in [4.78, 5) is 12.2. The smallest absolute Gasteiger partial charge is 0.288 e. The molecule has 0 aliphatic carbocycles. The Balaban J connectivity index is 1.76. The van der Waals surface area contributed by atoms with Gasteiger partial charge in [-0.15, -0.1) is 4.40 Å². The quantitative estimate of drug-likeness (QED) is 0.899. The Morgan fingerprint density at radius 2 is 1.83 bits per heavy atom. The summed E-state index contributed by atoms with van der Waals surface area (Å²) in [6.07, 6.45) is 0. The minimum absolute atomic E-state index is 0.0649. The van der Waals surface area contributed by atoms with Crippen LogP contribution in [0.15, 0.2) is 57.8 Å². The van der Waals surface area contributed by atoms with Gasteiger partial charge in [0.25, 0.3) is 15.9 Å². The summed E-state index contributed by atoms with van der Waals surface area (Å²) in [7, 11) is -3.86. The summed E-state index contributed by atoms with van der Waals surface area (Å²) in [5.74, 6) is -0.792. The largest absolute Gasteiger partial charge is 0.345 e. The highest BCUT2D eigenvalue weighted by Gasteiger charge is 2.27. The number of amides is 1. The Labute approximate surface area is 134 Å². The number of amidine groups is 1. The van der Waals surface area contributed by atoms with Crippen molar-refractivity contribution in [1.82, 2.24) is 5.32 Å². The van der Waals surface area contributed by atoms with Crippen LogP contribution >= 0.6 is 0 Å². The van der Waals surface area contributed by atoms with Crippen LogP contribution in [0.3, 0.4) is 0 Å². The molecule has 0 unspecified atom stereocenters. The average molecular weight is 329 g/mol. The van der Waals surface area contributed by atoms with Gasteiger partial charge in [0.1, 0.15) is 4.90 Å². The monoisotopic (exact) mass is 329 g/mol. The van der Waals surface area contributed by atoms with Gasteiger partial charge in [0.2, 0.25) is 5.84 Å². The first kappa shape index (κ1) is 15.2. The van der Waals surface area contributed by atoms with Crippen molar-refractivity contribution in [2.75, 3.05) is 5.32 Å². The molecule has 6 nitrogen and oxygen atoms in total. The van der Waals surface area contributed by atoms with Gasteiger partial charge < -0.3 is 10.6 Å². The zero-order chi connectivity index (χ0) is 16.4. The maximum absolute atomic E-state index is 12.2. The van der Waals surface area contributed by atoms with E-state index >= 15 is 0 Å². The van der Waals surface area contributed by atoms with Crippen molar-refractivity contribution in [1.29, 1.82) is 0 Å². The lowest BCUT2D eigenvalue weighted by molar-refractivity contribution is -0.114. The summed E-state index contributed by atoms with van der Waals surface area (Å²) in [6, 6.07) is 14.0. The van der Waals surface area contributed by atoms with Crippen molar-refractivity contribution in [3.05, 3.63) is 59.7 Å². The molecule has 0 atom stereocenters. The van der Waals surface area contributed by atoms with Gasteiger partial charge in [-0.1, -0.05) is 42.0 Å². The van der Waals surface area contributed by atoms with Crippen molar-refractivity contribution in [3.63, 3.8) is 0 Å². The molecule has 0 bridgehead atoms. The number of hydrogen-bond acceptors (Lipinski definition) is 4. The molecule has 118 valence electrons. The minimum Gasteiger partial charge on any atom is -0.345 e. The fourth-order valence-electron chi connectivity index (χ4n) is 2.18. The van der Waals surface area contributed by atoms with Crippen LogP contribution < -0.4 is 10.6 Å². The van der Waals surface area contributed by atoms with Crippen LogP contribution in [0.4, 0.5) is 5.69 Å². The number of aryl methyl sites for hydroxylation is 1. The van der Waals surface area contributed by atoms with Gasteiger partial charge in [0.05, 0.1) is 5.69 Å². The average Bonchev–Trinajstić information content (AvgIpc) is 2.53. The van der Waals surface area contributed by atoms with E-state index in [9.17, 15) is 13.2 Å². The van der Waals surface area contributed by atoms with Gasteiger partial charge in [-0.05, 0) is 24.6 Å². The van der Waals surface area contributed by atoms with Crippen molar-refractivity contribution >= 4 is 27.5 Å². The van der Waals surface area contributed by atoms with E-state index in [1.165, 1.54) is 6.07 Å². The minimum atomic E-state index is -3.86. The van der Waals surface area contributed by atoms with Crippen LogP contribution in [0.1, 0.15) is 11.1 Å². The second kappa shape index (κ2) is 5.85. The van der Waals surface area contributed by atoms with E-state index in [0.29, 0.717) is 12.2 Å². The van der Waals surface area contributed by atoms with Crippen LogP contribution in [0.5, 0.6) is 0 Å². The lowest BCUT2D eigenvalue weighted by Crippen LogP contribution is -2.37. The van der Waals surface area contributed by atoms with Gasteiger partial charge >= 0.3 is 0 Å². The highest BCUT2D eigenvalue weighted by molar-refractivity contribution is 7.90. The standard InChI is InChI=1S/C16H15N3O3S/c1-11-6-8-12(9-7-11)10-17-16(20)15-18-13-4-2-3-5-14(13)23(21,22)19-15/h2-9H,10H2,1H3,(H,17,20)(H,18,19). The molecule has 1 heterocycles. The Morgan fingerprint density at radius 1 is 1.13 bits per heavy atom. The Hall–Kier alpha value is -2.67. The molecule has 2 aromatic carbocycles. The summed E-state index contributed by atoms with van der Waals surface area (Å²) in [5.41, 5.74) is 2.40. The first-order chi connectivity index (χ1) is 11.0. The van der Waals surface area contributed by atoms with Gasteiger partial charge in [0.15, 0.2) is 0 Å². The van der Waals surface area contributed by atoms with Crippen LogP contribution in [-0.2, 0) is 21.4 Å². The van der Waals surface area contributed by atoms with Crippen LogP contribution in [-0.4, -0.2) is 20.2 Å². The maximum Gasteiger partial charge on any atom is 0.288 e. The van der Waals surface area contributed by atoms with Crippen LogP contribution in [0.25, 0.3) is 0 Å². The SMILES string of the molecule is Cc1ccc(CNC(=O)C2=NS(=O)(=O)c3ccccc3N2)cc1. The number of fused-ring (bicyclic) bond motifs is 1. The fourth-order valence-corrected chi connectivity index (χ4v) is 3.30. The molecule has 1 amide bonds. The molecule has 1 aliphatic heterocycles. The number of nitrogens with one attached hydrogen (secondary N) is 2. The number of para-hydroxylation sites is 1. The molecular formula is C16H15N3O3S. The topological polar surface area (TPSA) is 87.6 Å². The van der Waals surface area contributed by atoms with Crippen LogP contribution in [0, 0.1) is 6.92 Å². The molecule has 1 aliphatic rings. The molecular weight excluding hydrogens is 314 g/mol. The highest BCUT2D eigenvalue weighted by Crippen LogP contribution is 2.26. The Bertz CT molecular complexity index is 887. The molecule has 7 heteroatoms. The number of rotatable bonds is 3. The number of nitrogens with zero attached hydrogens (tertiary/aromatic N) is 1. The second-order valence-corrected chi connectivity index (χ2v) is 6.78. The highest BCUT2D eigenvalue weighted by atomic mass is 32.2. The molecule has 3 rings (SSSR count). The number of carbonyl (C=O) groups is 1. The lowest BCUT2D eigenvalue weighted by atomic mass is 10.1. The van der Waals surface area contributed by atoms with E-state index in [2.05, 4.69) is 15.0 Å². The first-order valence-corrected chi connectivity index (χ1v) is 8.44. The number of anilines is 1. The molecule has 0 spiro atoms. The van der Waals surface area contributed by atoms with Crippen molar-refractivity contribution in [3.8, 4) is 0 Å². The third-order valence-electron chi connectivity index (χ3n) is 3.42. The van der Waals surface area contributed by atoms with E-state index in [1.54, 1.807) is 18.2 Å². The zero-order valence-electron chi connectivity index (χ0n) is 12.4. The predicted octanol–water partition coefficient (Wildman–Crippen LogP) is 1.82. The fraction of sp³-hybridized carbons (Fsp3) is 0.125. The van der Waals surface area contributed by atoms with E-state index < -0.39 is 15.9 Å². The Morgan fingerprint density at radius 3 is 2.57 bits per heavy atom. The maximum atomic E-state index is 12.2. The van der Waals surface area contributed by atoms with Gasteiger partial charge in [-0.25, -0.2) is 0 Å². The molecule has 0 saturated carbocycles. The third-order valence-corrected chi connectivity index (χ3v) is 4.75. The molecule has 0 aromatic heterocycles. The van der Waals surface area contributed by atoms with E-state index in [4.69, 9.17) is 0 Å². The summed E-state index contributed by atoms with van der Waals surface area (Å²) in [6.45, 7) is 2.27. The summed E-state index contributed by atoms with van der Waals surface area (Å²) >= 11 is 0. The number of carbonyl (C=O) groups excluding carboxylic acids is 1. The molecule has 0 fully saturated rings. The molecule has 23 heavy (non-hydrogen) atoms. The van der Waals surface area contributed by atoms with E-state index in [-0.39, 0.29) is 10.7 Å². The lowest BCUT2D eigenvalue weighted by Gasteiger charge is -2.17. The molecule has 0 radical (unpaired) electrons. The van der Waals surface area contributed by atoms with Crippen molar-refractivity contribution in [2.45, 2.75) is 18.4 Å². The van der Waals surface area contributed by atoms with E-state index in [0.717, 1.165) is 11.1 Å². The summed E-state index contributed by atoms with van der Waals surface area (Å²) in [5, 5.41) is 5.42. The molecule has 2 N–H and O–H groups in total. The van der Waals surface area contributed by atoms with Crippen LogP contribution in [0.2, 0.25) is 0 Å². The summed E-state index contributed by atoms with van der Waals surface area (Å²) < 4.78 is 27.7. The number of benzene rings is 2. The van der Waals surface area contributed by atoms with Crippen molar-refractivity contribution in [2.24, 2.45) is 4.40 Å². The normalized spacial score (nSPS) is 15.1. The number of sulfonamides is 1. The van der Waals surface area contributed by atoms with Gasteiger partial charge in [0, 0.05) is 6.54 Å². The first-order valence-electron chi connectivity index (χ1n) is 7.00. The van der Waals surface area contributed by atoms with Crippen molar-refractivity contribution < 1.29 is 13.2 Å². The second-order valence-electron chi connectivity index (χ2n) is 5.20. The Kier molecular flexibility index (Phi) is 3.87. The molecule has 2 aromatic rings. The van der Waals surface area contributed by atoms with E-state index in [1.807, 2.05) is 31.2 Å². The van der Waals surface area contributed by atoms with Gasteiger partial charge in [-0.3, -0.25) is 4.79 Å². The zero-order valence-corrected chi connectivity index (χ0v) is 13.2. The third kappa shape index (κ3) is 3.24. The van der Waals surface area contributed by atoms with Gasteiger partial charge in [-0.2, -0.15) is 8.42 Å². The number of hydrogen-bond donors (Lipinski definition) is 2. The molecule has 0 saturated heterocycles.